The van der Waals surface area contributed by atoms with Crippen LogP contribution in [0.5, 0.6) is 0 Å². The van der Waals surface area contributed by atoms with Gasteiger partial charge >= 0.3 is 0 Å². The number of quaternary nitrogens is 1. The summed E-state index contributed by atoms with van der Waals surface area (Å²) in [6.07, 6.45) is 4.26. The molecule has 2 unspecified atom stereocenters. The zero-order valence-electron chi connectivity index (χ0n) is 16.7. The molecule has 0 amide bonds. The lowest BCUT2D eigenvalue weighted by atomic mass is 10.1. The molecule has 4 rings (SSSR count). The maximum Gasteiger partial charge on any atom is 0.195 e. The lowest BCUT2D eigenvalue weighted by molar-refractivity contribution is -0.956. The van der Waals surface area contributed by atoms with Crippen LogP contribution in [-0.2, 0) is 6.54 Å². The minimum Gasteiger partial charge on any atom is -1.00 e. The Morgan fingerprint density at radius 2 is 1.89 bits per heavy atom. The lowest BCUT2D eigenvalue weighted by Crippen LogP contribution is -3.17. The molecule has 150 valence electrons. The first kappa shape index (κ1) is 21.7. The maximum atomic E-state index is 13.0. The van der Waals surface area contributed by atoms with Gasteiger partial charge in [-0.3, -0.25) is 9.69 Å². The molecule has 0 saturated carbocycles. The van der Waals surface area contributed by atoms with Crippen LogP contribution in [-0.4, -0.2) is 30.7 Å². The lowest BCUT2D eigenvalue weighted by Gasteiger charge is -2.40. The molecule has 0 aliphatic carbocycles. The molecule has 0 spiro atoms. The summed E-state index contributed by atoms with van der Waals surface area (Å²) in [6, 6.07) is 14.5. The summed E-state index contributed by atoms with van der Waals surface area (Å²) in [5, 5.41) is 1.73. The van der Waals surface area contributed by atoms with Gasteiger partial charge in [-0.15, -0.1) is 11.3 Å². The van der Waals surface area contributed by atoms with E-state index in [-0.39, 0.29) is 29.4 Å². The molecule has 0 radical (unpaired) electrons. The van der Waals surface area contributed by atoms with Crippen LogP contribution in [0.25, 0.3) is 20.2 Å². The van der Waals surface area contributed by atoms with Crippen LogP contribution in [0.15, 0.2) is 47.3 Å². The van der Waals surface area contributed by atoms with E-state index in [0.717, 1.165) is 26.7 Å². The van der Waals surface area contributed by atoms with E-state index in [1.165, 1.54) is 44.5 Å². The summed E-state index contributed by atoms with van der Waals surface area (Å²) >= 11 is 1.72. The third-order valence-electron chi connectivity index (χ3n) is 5.82. The standard InChI is InChI=1S/C23H28N2OS.HI/c1-3-12-24-13-7-14-25(22(24)4-2)16-17-10-11-21-19(15-17)23(26)18-8-5-6-9-20(18)27-21;/h5-6,8-11,15,22H,3-4,7,12-14,16H2,1-2H3;1H. The highest BCUT2D eigenvalue weighted by molar-refractivity contribution is 7.24. The van der Waals surface area contributed by atoms with Crippen LogP contribution < -0.4 is 34.3 Å². The number of hydrogen-bond donors (Lipinski definition) is 1. The molecule has 1 N–H and O–H groups in total. The van der Waals surface area contributed by atoms with Crippen molar-refractivity contribution in [1.29, 1.82) is 0 Å². The normalized spacial score (nSPS) is 20.4. The van der Waals surface area contributed by atoms with Crippen molar-refractivity contribution < 1.29 is 28.9 Å². The molecule has 1 aromatic heterocycles. The van der Waals surface area contributed by atoms with E-state index in [1.807, 2.05) is 24.3 Å². The van der Waals surface area contributed by atoms with Crippen molar-refractivity contribution in [3.05, 3.63) is 58.3 Å². The van der Waals surface area contributed by atoms with E-state index in [9.17, 15) is 4.79 Å². The predicted octanol–water partition coefficient (Wildman–Crippen LogP) is 0.655. The topological polar surface area (TPSA) is 24.8 Å². The van der Waals surface area contributed by atoms with Crippen LogP contribution in [0, 0.1) is 0 Å². The largest absolute Gasteiger partial charge is 1.00 e. The molecule has 2 heterocycles. The van der Waals surface area contributed by atoms with Crippen molar-refractivity contribution in [1.82, 2.24) is 4.90 Å². The molecule has 28 heavy (non-hydrogen) atoms. The fourth-order valence-corrected chi connectivity index (χ4v) is 5.67. The molecule has 1 aliphatic rings. The smallest absolute Gasteiger partial charge is 0.195 e. The molecular weight excluding hydrogens is 479 g/mol. The van der Waals surface area contributed by atoms with Gasteiger partial charge in [0.15, 0.2) is 5.43 Å². The highest BCUT2D eigenvalue weighted by Crippen LogP contribution is 2.25. The van der Waals surface area contributed by atoms with E-state index in [2.05, 4.69) is 36.9 Å². The molecule has 1 saturated heterocycles. The van der Waals surface area contributed by atoms with Gasteiger partial charge in [-0.05, 0) is 30.7 Å². The van der Waals surface area contributed by atoms with Crippen LogP contribution >= 0.6 is 11.3 Å². The van der Waals surface area contributed by atoms with E-state index in [0.29, 0.717) is 6.17 Å². The molecule has 1 aliphatic heterocycles. The Morgan fingerprint density at radius 1 is 1.11 bits per heavy atom. The van der Waals surface area contributed by atoms with E-state index in [1.54, 1.807) is 16.2 Å². The Kier molecular flexibility index (Phi) is 7.48. The zero-order valence-corrected chi connectivity index (χ0v) is 19.7. The number of rotatable bonds is 5. The SMILES string of the molecule is CCCN1CCC[NH+](Cc2ccc3sc4ccccc4c(=O)c3c2)C1CC.[I-]. The van der Waals surface area contributed by atoms with Crippen LogP contribution in [0.4, 0.5) is 0 Å². The van der Waals surface area contributed by atoms with E-state index < -0.39 is 0 Å². The van der Waals surface area contributed by atoms with E-state index >= 15 is 0 Å². The summed E-state index contributed by atoms with van der Waals surface area (Å²) in [4.78, 5) is 17.3. The van der Waals surface area contributed by atoms with Crippen molar-refractivity contribution >= 4 is 31.5 Å². The summed E-state index contributed by atoms with van der Waals surface area (Å²) in [7, 11) is 0. The first-order valence-corrected chi connectivity index (χ1v) is 11.1. The summed E-state index contributed by atoms with van der Waals surface area (Å²) < 4.78 is 2.17. The molecule has 0 bridgehead atoms. The van der Waals surface area contributed by atoms with Crippen LogP contribution in [0.1, 0.15) is 38.7 Å². The number of halogens is 1. The Hall–Kier alpha value is -1.02. The molecule has 2 atom stereocenters. The average Bonchev–Trinajstić information content (AvgIpc) is 2.69. The van der Waals surface area contributed by atoms with Gasteiger partial charge in [-0.25, -0.2) is 0 Å². The van der Waals surface area contributed by atoms with Crippen molar-refractivity contribution in [2.45, 2.75) is 45.8 Å². The van der Waals surface area contributed by atoms with Crippen molar-refractivity contribution in [3.8, 4) is 0 Å². The van der Waals surface area contributed by atoms with Crippen molar-refractivity contribution in [2.24, 2.45) is 0 Å². The molecule has 2 aromatic carbocycles. The van der Waals surface area contributed by atoms with Crippen LogP contribution in [0.3, 0.4) is 0 Å². The molecular formula is C23H29IN2OS. The third-order valence-corrected chi connectivity index (χ3v) is 6.98. The monoisotopic (exact) mass is 508 g/mol. The average molecular weight is 508 g/mol. The number of fused-ring (bicyclic) bond motifs is 2. The summed E-state index contributed by atoms with van der Waals surface area (Å²) in [5.41, 5.74) is 1.46. The predicted molar refractivity (Wildman–Crippen MR) is 116 cm³/mol. The molecule has 3 nitrogen and oxygen atoms in total. The number of benzene rings is 2. The minimum absolute atomic E-state index is 0. The second kappa shape index (κ2) is 9.65. The Labute approximate surface area is 188 Å². The fourth-order valence-electron chi connectivity index (χ4n) is 4.62. The van der Waals surface area contributed by atoms with Gasteiger partial charge in [0.1, 0.15) is 12.7 Å². The van der Waals surface area contributed by atoms with Gasteiger partial charge in [0, 0.05) is 51.7 Å². The van der Waals surface area contributed by atoms with Crippen molar-refractivity contribution in [2.75, 3.05) is 19.6 Å². The second-order valence-corrected chi connectivity index (χ2v) is 8.74. The quantitative estimate of drug-likeness (QED) is 0.405. The van der Waals surface area contributed by atoms with E-state index in [4.69, 9.17) is 0 Å². The van der Waals surface area contributed by atoms with Gasteiger partial charge in [0.05, 0.1) is 6.54 Å². The molecule has 3 aromatic rings. The summed E-state index contributed by atoms with van der Waals surface area (Å²) in [6.45, 7) is 9.23. The Balaban J connectivity index is 0.00000225. The molecule has 5 heteroatoms. The summed E-state index contributed by atoms with van der Waals surface area (Å²) in [5.74, 6) is 0. The fraction of sp³-hybridized carbons (Fsp3) is 0.435. The van der Waals surface area contributed by atoms with Gasteiger partial charge in [-0.1, -0.05) is 32.0 Å². The van der Waals surface area contributed by atoms with Gasteiger partial charge < -0.3 is 28.9 Å². The third kappa shape index (κ3) is 4.27. The van der Waals surface area contributed by atoms with Gasteiger partial charge in [0.25, 0.3) is 0 Å². The Morgan fingerprint density at radius 3 is 2.68 bits per heavy atom. The zero-order chi connectivity index (χ0) is 18.8. The molecule has 1 fully saturated rings. The van der Waals surface area contributed by atoms with Gasteiger partial charge in [-0.2, -0.15) is 0 Å². The maximum absolute atomic E-state index is 13.0. The van der Waals surface area contributed by atoms with Crippen LogP contribution in [0.2, 0.25) is 0 Å². The van der Waals surface area contributed by atoms with Gasteiger partial charge in [0.2, 0.25) is 0 Å². The second-order valence-electron chi connectivity index (χ2n) is 7.66. The number of nitrogens with zero attached hydrogens (tertiary/aromatic N) is 1. The highest BCUT2D eigenvalue weighted by atomic mass is 127. The van der Waals surface area contributed by atoms with Crippen molar-refractivity contribution in [3.63, 3.8) is 0 Å². The first-order chi connectivity index (χ1) is 13.2. The Bertz CT molecular complexity index is 1000. The minimum atomic E-state index is 0. The first-order valence-electron chi connectivity index (χ1n) is 10.2. The number of hydrogen-bond acceptors (Lipinski definition) is 3. The number of nitrogens with one attached hydrogen (secondary N) is 1. The highest BCUT2D eigenvalue weighted by Gasteiger charge is 2.30.